The number of rotatable bonds is 3. The molecule has 20 heavy (non-hydrogen) atoms. The van der Waals surface area contributed by atoms with Crippen LogP contribution in [0.5, 0.6) is 0 Å². The highest BCUT2D eigenvalue weighted by molar-refractivity contribution is 5.78. The number of pyridine rings is 1. The van der Waals surface area contributed by atoms with E-state index in [1.165, 1.54) is 6.20 Å². The summed E-state index contributed by atoms with van der Waals surface area (Å²) in [6.07, 6.45) is 2.68. The summed E-state index contributed by atoms with van der Waals surface area (Å²) in [4.78, 5) is 3.74. The zero-order valence-corrected chi connectivity index (χ0v) is 10.9. The molecular formula is C15H14FN3O. The van der Waals surface area contributed by atoms with Gasteiger partial charge in [0.15, 0.2) is 0 Å². The molecule has 0 spiro atoms. The molecule has 0 aliphatic rings. The third-order valence-corrected chi connectivity index (χ3v) is 3.26. The Bertz CT molecular complexity index is 754. The van der Waals surface area contributed by atoms with Gasteiger partial charge in [0, 0.05) is 17.1 Å². The fourth-order valence-electron chi connectivity index (χ4n) is 2.27. The van der Waals surface area contributed by atoms with Gasteiger partial charge in [-0.15, -0.1) is 0 Å². The Morgan fingerprint density at radius 3 is 2.90 bits per heavy atom. The van der Waals surface area contributed by atoms with Gasteiger partial charge in [-0.25, -0.2) is 9.82 Å². The standard InChI is InChI=1S/C15H14FN3O/c1-9-2-3-13-10(6-9)7-14(20-13)15(19-17)11-4-5-18-8-12(11)16/h2-8,15,19H,17H2,1H3. The molecule has 0 fully saturated rings. The monoisotopic (exact) mass is 271 g/mol. The van der Waals surface area contributed by atoms with Crippen LogP contribution in [0.3, 0.4) is 0 Å². The largest absolute Gasteiger partial charge is 0.459 e. The van der Waals surface area contributed by atoms with E-state index in [1.54, 1.807) is 6.07 Å². The Labute approximate surface area is 115 Å². The van der Waals surface area contributed by atoms with Gasteiger partial charge in [0.25, 0.3) is 0 Å². The number of nitrogens with two attached hydrogens (primary N) is 1. The third-order valence-electron chi connectivity index (χ3n) is 3.26. The molecule has 1 unspecified atom stereocenters. The van der Waals surface area contributed by atoms with Crippen LogP contribution in [0.25, 0.3) is 11.0 Å². The Morgan fingerprint density at radius 2 is 2.15 bits per heavy atom. The molecule has 0 saturated carbocycles. The number of aromatic nitrogens is 1. The van der Waals surface area contributed by atoms with Crippen molar-refractivity contribution in [3.63, 3.8) is 0 Å². The first kappa shape index (κ1) is 12.8. The van der Waals surface area contributed by atoms with Crippen molar-refractivity contribution in [1.29, 1.82) is 0 Å². The lowest BCUT2D eigenvalue weighted by atomic mass is 10.1. The zero-order chi connectivity index (χ0) is 14.1. The Morgan fingerprint density at radius 1 is 1.30 bits per heavy atom. The number of fused-ring (bicyclic) bond motifs is 1. The van der Waals surface area contributed by atoms with Crippen LogP contribution in [0.4, 0.5) is 4.39 Å². The molecule has 4 nitrogen and oxygen atoms in total. The van der Waals surface area contributed by atoms with Gasteiger partial charge in [-0.3, -0.25) is 10.8 Å². The number of nitrogens with zero attached hydrogens (tertiary/aromatic N) is 1. The summed E-state index contributed by atoms with van der Waals surface area (Å²) in [6, 6.07) is 8.77. The lowest BCUT2D eigenvalue weighted by Crippen LogP contribution is -2.29. The number of furan rings is 1. The van der Waals surface area contributed by atoms with Gasteiger partial charge in [0.2, 0.25) is 0 Å². The van der Waals surface area contributed by atoms with Gasteiger partial charge in [-0.2, -0.15) is 0 Å². The summed E-state index contributed by atoms with van der Waals surface area (Å²) in [5.41, 5.74) is 4.88. The van der Waals surface area contributed by atoms with E-state index in [9.17, 15) is 4.39 Å². The number of halogens is 1. The van der Waals surface area contributed by atoms with Crippen LogP contribution in [0.15, 0.2) is 47.1 Å². The number of hydrogen-bond acceptors (Lipinski definition) is 4. The van der Waals surface area contributed by atoms with Crippen molar-refractivity contribution in [3.05, 3.63) is 65.4 Å². The van der Waals surface area contributed by atoms with Crippen LogP contribution < -0.4 is 11.3 Å². The van der Waals surface area contributed by atoms with Crippen LogP contribution in [-0.2, 0) is 0 Å². The summed E-state index contributed by atoms with van der Waals surface area (Å²) in [6.45, 7) is 2.01. The van der Waals surface area contributed by atoms with E-state index in [0.29, 0.717) is 11.3 Å². The Kier molecular flexibility index (Phi) is 3.22. The van der Waals surface area contributed by atoms with Crippen molar-refractivity contribution < 1.29 is 8.81 Å². The van der Waals surface area contributed by atoms with E-state index >= 15 is 0 Å². The SMILES string of the molecule is Cc1ccc2oc(C(NN)c3ccncc3F)cc2c1. The number of hydrazine groups is 1. The van der Waals surface area contributed by atoms with E-state index in [1.807, 2.05) is 31.2 Å². The van der Waals surface area contributed by atoms with Gasteiger partial charge in [0.1, 0.15) is 23.2 Å². The minimum atomic E-state index is -0.550. The second-order valence-electron chi connectivity index (χ2n) is 4.69. The van der Waals surface area contributed by atoms with Crippen molar-refractivity contribution in [2.75, 3.05) is 0 Å². The molecule has 0 bridgehead atoms. The molecule has 5 heteroatoms. The number of nitrogens with one attached hydrogen (secondary N) is 1. The summed E-state index contributed by atoms with van der Waals surface area (Å²) in [5.74, 6) is 5.70. The third kappa shape index (κ3) is 2.17. The van der Waals surface area contributed by atoms with E-state index in [2.05, 4.69) is 10.4 Å². The summed E-state index contributed by atoms with van der Waals surface area (Å²) in [5, 5.41) is 0.967. The van der Waals surface area contributed by atoms with E-state index < -0.39 is 11.9 Å². The van der Waals surface area contributed by atoms with Crippen LogP contribution in [0, 0.1) is 12.7 Å². The molecule has 3 aromatic rings. The Hall–Kier alpha value is -2.24. The molecular weight excluding hydrogens is 257 g/mol. The molecule has 3 N–H and O–H groups in total. The lowest BCUT2D eigenvalue weighted by molar-refractivity contribution is 0.461. The number of aryl methyl sites for hydroxylation is 1. The summed E-state index contributed by atoms with van der Waals surface area (Å²) < 4.78 is 19.6. The van der Waals surface area contributed by atoms with Gasteiger partial charge in [-0.1, -0.05) is 11.6 Å². The minimum absolute atomic E-state index is 0.401. The van der Waals surface area contributed by atoms with Crippen molar-refractivity contribution in [3.8, 4) is 0 Å². The molecule has 0 saturated heterocycles. The smallest absolute Gasteiger partial charge is 0.146 e. The van der Waals surface area contributed by atoms with Gasteiger partial charge in [-0.05, 0) is 31.2 Å². The molecule has 0 aliphatic carbocycles. The molecule has 0 radical (unpaired) electrons. The molecule has 1 aromatic carbocycles. The van der Waals surface area contributed by atoms with Crippen molar-refractivity contribution in [1.82, 2.24) is 10.4 Å². The molecule has 1 atom stereocenters. The predicted octanol–water partition coefficient (Wildman–Crippen LogP) is 2.83. The minimum Gasteiger partial charge on any atom is -0.459 e. The number of hydrogen-bond donors (Lipinski definition) is 2. The average molecular weight is 271 g/mol. The van der Waals surface area contributed by atoms with Crippen molar-refractivity contribution in [2.24, 2.45) is 5.84 Å². The van der Waals surface area contributed by atoms with E-state index in [0.717, 1.165) is 22.7 Å². The fraction of sp³-hybridized carbons (Fsp3) is 0.133. The molecule has 2 heterocycles. The first-order valence-electron chi connectivity index (χ1n) is 6.24. The molecule has 3 rings (SSSR count). The maximum atomic E-state index is 13.8. The van der Waals surface area contributed by atoms with Gasteiger partial charge in [0.05, 0.1) is 6.20 Å². The molecule has 0 aliphatic heterocycles. The first-order chi connectivity index (χ1) is 9.69. The first-order valence-corrected chi connectivity index (χ1v) is 6.24. The zero-order valence-electron chi connectivity index (χ0n) is 10.9. The maximum absolute atomic E-state index is 13.8. The average Bonchev–Trinajstić information content (AvgIpc) is 2.84. The lowest BCUT2D eigenvalue weighted by Gasteiger charge is -2.13. The normalized spacial score (nSPS) is 12.8. The van der Waals surface area contributed by atoms with Gasteiger partial charge < -0.3 is 4.42 Å². The van der Waals surface area contributed by atoms with Crippen LogP contribution in [0.2, 0.25) is 0 Å². The van der Waals surface area contributed by atoms with E-state index in [-0.39, 0.29) is 0 Å². The molecule has 2 aromatic heterocycles. The van der Waals surface area contributed by atoms with Crippen LogP contribution >= 0.6 is 0 Å². The van der Waals surface area contributed by atoms with Crippen molar-refractivity contribution >= 4 is 11.0 Å². The number of benzene rings is 1. The highest BCUT2D eigenvalue weighted by Crippen LogP contribution is 2.29. The second kappa shape index (κ2) is 5.03. The maximum Gasteiger partial charge on any atom is 0.146 e. The van der Waals surface area contributed by atoms with E-state index in [4.69, 9.17) is 10.3 Å². The molecule has 102 valence electrons. The topological polar surface area (TPSA) is 64.1 Å². The highest BCUT2D eigenvalue weighted by Gasteiger charge is 2.20. The predicted molar refractivity (Wildman–Crippen MR) is 74.3 cm³/mol. The quantitative estimate of drug-likeness (QED) is 0.568. The van der Waals surface area contributed by atoms with Crippen molar-refractivity contribution in [2.45, 2.75) is 13.0 Å². The second-order valence-corrected chi connectivity index (χ2v) is 4.69. The van der Waals surface area contributed by atoms with Crippen LogP contribution in [-0.4, -0.2) is 4.98 Å². The fourth-order valence-corrected chi connectivity index (χ4v) is 2.27. The molecule has 0 amide bonds. The summed E-state index contributed by atoms with van der Waals surface area (Å²) >= 11 is 0. The summed E-state index contributed by atoms with van der Waals surface area (Å²) in [7, 11) is 0. The highest BCUT2D eigenvalue weighted by atomic mass is 19.1. The Balaban J connectivity index is 2.10. The van der Waals surface area contributed by atoms with Gasteiger partial charge >= 0.3 is 0 Å². The van der Waals surface area contributed by atoms with Crippen LogP contribution in [0.1, 0.15) is 22.9 Å².